The summed E-state index contributed by atoms with van der Waals surface area (Å²) in [6.45, 7) is -0.313. The van der Waals surface area contributed by atoms with Crippen LogP contribution < -0.4 is 5.32 Å². The molecule has 2 N–H and O–H groups in total. The molecule has 2 aromatic heterocycles. The predicted molar refractivity (Wildman–Crippen MR) is 64.2 cm³/mol. The second-order valence-corrected chi connectivity index (χ2v) is 3.73. The van der Waals surface area contributed by atoms with Gasteiger partial charge in [-0.05, 0) is 24.3 Å². The van der Waals surface area contributed by atoms with Crippen molar-refractivity contribution in [3.63, 3.8) is 0 Å². The summed E-state index contributed by atoms with van der Waals surface area (Å²) in [6.07, 6.45) is 2.47. The Bertz CT molecular complexity index is 607. The van der Waals surface area contributed by atoms with Gasteiger partial charge in [-0.3, -0.25) is 9.59 Å². The summed E-state index contributed by atoms with van der Waals surface area (Å²) in [6, 6.07) is 5.54. The van der Waals surface area contributed by atoms with Crippen LogP contribution in [-0.2, 0) is 11.3 Å². The van der Waals surface area contributed by atoms with Gasteiger partial charge in [0.15, 0.2) is 0 Å². The molecule has 98 valence electrons. The van der Waals surface area contributed by atoms with E-state index in [0.29, 0.717) is 0 Å². The first kappa shape index (κ1) is 12.7. The highest BCUT2D eigenvalue weighted by molar-refractivity contribution is 6.02. The van der Waals surface area contributed by atoms with Crippen LogP contribution in [-0.4, -0.2) is 26.5 Å². The summed E-state index contributed by atoms with van der Waals surface area (Å²) in [5.41, 5.74) is 0.188. The maximum absolute atomic E-state index is 12.7. The molecule has 6 nitrogen and oxygen atoms in total. The zero-order chi connectivity index (χ0) is 13.8. The van der Waals surface area contributed by atoms with Crippen molar-refractivity contribution in [2.75, 3.05) is 5.32 Å². The summed E-state index contributed by atoms with van der Waals surface area (Å²) in [7, 11) is 0. The maximum atomic E-state index is 12.7. The van der Waals surface area contributed by atoms with Crippen molar-refractivity contribution < 1.29 is 19.1 Å². The zero-order valence-corrected chi connectivity index (χ0v) is 9.71. The van der Waals surface area contributed by atoms with Gasteiger partial charge in [0, 0.05) is 6.20 Å². The van der Waals surface area contributed by atoms with Gasteiger partial charge in [0.1, 0.15) is 23.9 Å². The quantitative estimate of drug-likeness (QED) is 0.872. The zero-order valence-electron chi connectivity index (χ0n) is 9.71. The average Bonchev–Trinajstić information content (AvgIpc) is 2.79. The summed E-state index contributed by atoms with van der Waals surface area (Å²) in [5, 5.41) is 11.2. The molecule has 0 aromatic carbocycles. The second-order valence-electron chi connectivity index (χ2n) is 3.73. The summed E-state index contributed by atoms with van der Waals surface area (Å²) in [5.74, 6) is -1.88. The van der Waals surface area contributed by atoms with Crippen molar-refractivity contribution in [1.82, 2.24) is 9.55 Å². The fourth-order valence-corrected chi connectivity index (χ4v) is 1.53. The van der Waals surface area contributed by atoms with Crippen molar-refractivity contribution >= 4 is 17.7 Å². The SMILES string of the molecule is O=C(O)Cn1cccc1C(=O)Nc1ccc(F)cn1. The smallest absolute Gasteiger partial charge is 0.323 e. The first-order chi connectivity index (χ1) is 9.06. The number of rotatable bonds is 4. The number of carboxylic acid groups (broad SMARTS) is 1. The average molecular weight is 263 g/mol. The van der Waals surface area contributed by atoms with Crippen LogP contribution in [0.3, 0.4) is 0 Å². The third kappa shape index (κ3) is 3.15. The van der Waals surface area contributed by atoms with E-state index in [-0.39, 0.29) is 18.1 Å². The Hall–Kier alpha value is -2.70. The van der Waals surface area contributed by atoms with Gasteiger partial charge in [0.05, 0.1) is 6.20 Å². The molecule has 0 fully saturated rings. The molecule has 0 unspecified atom stereocenters. The van der Waals surface area contributed by atoms with Crippen LogP contribution in [0.4, 0.5) is 10.2 Å². The topological polar surface area (TPSA) is 84.2 Å². The fourth-order valence-electron chi connectivity index (χ4n) is 1.53. The van der Waals surface area contributed by atoms with Gasteiger partial charge < -0.3 is 15.0 Å². The summed E-state index contributed by atoms with van der Waals surface area (Å²) >= 11 is 0. The molecule has 2 heterocycles. The Kier molecular flexibility index (Phi) is 3.56. The number of hydrogen-bond donors (Lipinski definition) is 2. The van der Waals surface area contributed by atoms with Crippen LogP contribution >= 0.6 is 0 Å². The van der Waals surface area contributed by atoms with E-state index in [1.165, 1.54) is 29.0 Å². The van der Waals surface area contributed by atoms with E-state index in [0.717, 1.165) is 6.20 Å². The molecular formula is C12H10FN3O3. The third-order valence-electron chi connectivity index (χ3n) is 2.34. The molecule has 0 aliphatic rings. The minimum absolute atomic E-state index is 0.188. The number of carbonyl (C=O) groups excluding carboxylic acids is 1. The molecule has 2 rings (SSSR count). The lowest BCUT2D eigenvalue weighted by Gasteiger charge is -2.07. The van der Waals surface area contributed by atoms with Crippen LogP contribution in [0.15, 0.2) is 36.7 Å². The maximum Gasteiger partial charge on any atom is 0.323 e. The second kappa shape index (κ2) is 5.30. The fraction of sp³-hybridized carbons (Fsp3) is 0.0833. The van der Waals surface area contributed by atoms with Crippen molar-refractivity contribution in [3.8, 4) is 0 Å². The number of amides is 1. The summed E-state index contributed by atoms with van der Waals surface area (Å²) in [4.78, 5) is 26.2. The van der Waals surface area contributed by atoms with Gasteiger partial charge in [-0.25, -0.2) is 9.37 Å². The van der Waals surface area contributed by atoms with Crippen LogP contribution in [0.1, 0.15) is 10.5 Å². The Morgan fingerprint density at radius 3 is 2.79 bits per heavy atom. The molecule has 0 atom stereocenters. The molecule has 2 aromatic rings. The minimum Gasteiger partial charge on any atom is -0.480 e. The van der Waals surface area contributed by atoms with Crippen molar-refractivity contribution in [2.45, 2.75) is 6.54 Å². The molecule has 0 saturated heterocycles. The number of anilines is 1. The number of nitrogens with one attached hydrogen (secondary N) is 1. The molecule has 19 heavy (non-hydrogen) atoms. The molecule has 1 amide bonds. The number of aromatic nitrogens is 2. The van der Waals surface area contributed by atoms with Crippen LogP contribution in [0.5, 0.6) is 0 Å². The van der Waals surface area contributed by atoms with Crippen molar-refractivity contribution in [2.24, 2.45) is 0 Å². The highest BCUT2D eigenvalue weighted by atomic mass is 19.1. The number of carboxylic acids is 1. The molecular weight excluding hydrogens is 253 g/mol. The lowest BCUT2D eigenvalue weighted by Crippen LogP contribution is -2.19. The van der Waals surface area contributed by atoms with Gasteiger partial charge in [0.25, 0.3) is 5.91 Å². The molecule has 0 spiro atoms. The molecule has 7 heteroatoms. The van der Waals surface area contributed by atoms with Gasteiger partial charge in [-0.2, -0.15) is 0 Å². The standard InChI is InChI=1S/C12H10FN3O3/c13-8-3-4-10(14-6-8)15-12(19)9-2-1-5-16(9)7-11(17)18/h1-6H,7H2,(H,17,18)(H,14,15,19). The lowest BCUT2D eigenvalue weighted by molar-refractivity contribution is -0.137. The van der Waals surface area contributed by atoms with E-state index in [4.69, 9.17) is 5.11 Å². The van der Waals surface area contributed by atoms with E-state index < -0.39 is 17.7 Å². The number of aliphatic carboxylic acids is 1. The van der Waals surface area contributed by atoms with E-state index in [9.17, 15) is 14.0 Å². The van der Waals surface area contributed by atoms with Crippen LogP contribution in [0.2, 0.25) is 0 Å². The van der Waals surface area contributed by atoms with Gasteiger partial charge >= 0.3 is 5.97 Å². The van der Waals surface area contributed by atoms with Gasteiger partial charge in [-0.1, -0.05) is 0 Å². The Morgan fingerprint density at radius 1 is 1.37 bits per heavy atom. The number of pyridine rings is 1. The van der Waals surface area contributed by atoms with Crippen molar-refractivity contribution in [3.05, 3.63) is 48.2 Å². The largest absolute Gasteiger partial charge is 0.480 e. The van der Waals surface area contributed by atoms with E-state index in [2.05, 4.69) is 10.3 Å². The predicted octanol–water partition coefficient (Wildman–Crippen LogP) is 1.36. The van der Waals surface area contributed by atoms with E-state index in [1.54, 1.807) is 6.07 Å². The molecule has 0 radical (unpaired) electrons. The van der Waals surface area contributed by atoms with E-state index in [1.807, 2.05) is 0 Å². The summed E-state index contributed by atoms with van der Waals surface area (Å²) < 4.78 is 14.0. The minimum atomic E-state index is -1.05. The first-order valence-electron chi connectivity index (χ1n) is 5.36. The third-order valence-corrected chi connectivity index (χ3v) is 2.34. The van der Waals surface area contributed by atoms with Crippen molar-refractivity contribution in [1.29, 1.82) is 0 Å². The van der Waals surface area contributed by atoms with Gasteiger partial charge in [0.2, 0.25) is 0 Å². The normalized spacial score (nSPS) is 10.2. The van der Waals surface area contributed by atoms with Gasteiger partial charge in [-0.15, -0.1) is 0 Å². The van der Waals surface area contributed by atoms with Crippen LogP contribution in [0.25, 0.3) is 0 Å². The highest BCUT2D eigenvalue weighted by Crippen LogP contribution is 2.08. The Balaban J connectivity index is 2.14. The Morgan fingerprint density at radius 2 is 2.16 bits per heavy atom. The molecule has 0 saturated carbocycles. The highest BCUT2D eigenvalue weighted by Gasteiger charge is 2.13. The number of nitrogens with zero attached hydrogens (tertiary/aromatic N) is 2. The lowest BCUT2D eigenvalue weighted by atomic mass is 10.3. The molecule has 0 aliphatic heterocycles. The number of hydrogen-bond acceptors (Lipinski definition) is 3. The van der Waals surface area contributed by atoms with Crippen LogP contribution in [0, 0.1) is 5.82 Å². The molecule has 0 aliphatic carbocycles. The first-order valence-corrected chi connectivity index (χ1v) is 5.36. The Labute approximate surface area is 107 Å². The van der Waals surface area contributed by atoms with E-state index >= 15 is 0 Å². The molecule has 0 bridgehead atoms. The number of carbonyl (C=O) groups is 2. The monoisotopic (exact) mass is 263 g/mol. The number of halogens is 1.